The van der Waals surface area contributed by atoms with Gasteiger partial charge in [0.05, 0.1) is 0 Å². The van der Waals surface area contributed by atoms with Crippen LogP contribution >= 0.6 is 0 Å². The van der Waals surface area contributed by atoms with Crippen molar-refractivity contribution < 1.29 is 4.84 Å². The fraction of sp³-hybridized carbons (Fsp3) is 0.750. The van der Waals surface area contributed by atoms with Crippen LogP contribution in [0.15, 0.2) is 11.8 Å². The molecule has 0 aliphatic heterocycles. The zero-order valence-corrected chi connectivity index (χ0v) is 6.63. The Labute approximate surface area is 62.0 Å². The van der Waals surface area contributed by atoms with Crippen LogP contribution in [-0.4, -0.2) is 0 Å². The highest BCUT2D eigenvalue weighted by Gasteiger charge is 2.18. The van der Waals surface area contributed by atoms with E-state index >= 15 is 0 Å². The molecular formula is C8H15NO. The van der Waals surface area contributed by atoms with Gasteiger partial charge >= 0.3 is 0 Å². The lowest BCUT2D eigenvalue weighted by molar-refractivity contribution is 0.166. The molecule has 2 heteroatoms. The van der Waals surface area contributed by atoms with Gasteiger partial charge in [-0.2, -0.15) is 5.90 Å². The number of nitrogens with two attached hydrogens (primary N) is 1. The molecule has 0 aromatic rings. The summed E-state index contributed by atoms with van der Waals surface area (Å²) in [6.07, 6.45) is 4.40. The molecule has 2 atom stereocenters. The van der Waals surface area contributed by atoms with Gasteiger partial charge in [-0.15, -0.1) is 0 Å². The van der Waals surface area contributed by atoms with Gasteiger partial charge in [0, 0.05) is 5.92 Å². The van der Waals surface area contributed by atoms with Crippen LogP contribution in [0.1, 0.15) is 26.7 Å². The Morgan fingerprint density at radius 1 is 1.60 bits per heavy atom. The predicted molar refractivity (Wildman–Crippen MR) is 40.9 cm³/mol. The normalized spacial score (nSPS) is 33.3. The van der Waals surface area contributed by atoms with Gasteiger partial charge in [-0.25, -0.2) is 0 Å². The molecule has 58 valence electrons. The third-order valence-corrected chi connectivity index (χ3v) is 2.10. The van der Waals surface area contributed by atoms with Crippen LogP contribution in [-0.2, 0) is 4.84 Å². The van der Waals surface area contributed by atoms with Crippen LogP contribution in [0.3, 0.4) is 0 Å². The highest BCUT2D eigenvalue weighted by Crippen LogP contribution is 2.27. The molecule has 0 spiro atoms. The van der Waals surface area contributed by atoms with E-state index in [2.05, 4.69) is 19.9 Å². The minimum absolute atomic E-state index is 0.508. The minimum atomic E-state index is 0.508. The van der Waals surface area contributed by atoms with Crippen LogP contribution in [0, 0.1) is 11.8 Å². The zero-order chi connectivity index (χ0) is 7.56. The maximum absolute atomic E-state index is 5.07. The van der Waals surface area contributed by atoms with Crippen LogP contribution in [0.4, 0.5) is 0 Å². The zero-order valence-electron chi connectivity index (χ0n) is 6.63. The second kappa shape index (κ2) is 3.06. The Kier molecular flexibility index (Phi) is 2.33. The first kappa shape index (κ1) is 7.61. The van der Waals surface area contributed by atoms with Crippen LogP contribution in [0.2, 0.25) is 0 Å². The Balaban J connectivity index is 2.57. The molecule has 0 saturated carbocycles. The second-order valence-electron chi connectivity index (χ2n) is 3.20. The minimum Gasteiger partial charge on any atom is -0.416 e. The van der Waals surface area contributed by atoms with Crippen molar-refractivity contribution in [2.45, 2.75) is 26.7 Å². The Bertz CT molecular complexity index is 142. The van der Waals surface area contributed by atoms with Crippen LogP contribution < -0.4 is 5.90 Å². The number of hydrogen-bond donors (Lipinski definition) is 1. The SMILES string of the molecule is CC1CC=C(ON)C(C)C1. The summed E-state index contributed by atoms with van der Waals surface area (Å²) < 4.78 is 0. The lowest BCUT2D eigenvalue weighted by Gasteiger charge is -2.22. The Morgan fingerprint density at radius 2 is 2.30 bits per heavy atom. The van der Waals surface area contributed by atoms with E-state index in [-0.39, 0.29) is 0 Å². The van der Waals surface area contributed by atoms with Crippen molar-refractivity contribution in [2.24, 2.45) is 17.7 Å². The van der Waals surface area contributed by atoms with Crippen molar-refractivity contribution in [1.29, 1.82) is 0 Å². The first-order valence-corrected chi connectivity index (χ1v) is 3.80. The molecule has 0 aromatic heterocycles. The van der Waals surface area contributed by atoms with E-state index in [1.807, 2.05) is 0 Å². The van der Waals surface area contributed by atoms with Gasteiger partial charge in [-0.1, -0.05) is 13.8 Å². The molecule has 2 N–H and O–H groups in total. The molecule has 1 aliphatic carbocycles. The average Bonchev–Trinajstić information content (AvgIpc) is 1.88. The van der Waals surface area contributed by atoms with E-state index in [0.717, 1.165) is 18.1 Å². The van der Waals surface area contributed by atoms with E-state index in [1.54, 1.807) is 0 Å². The molecule has 1 aliphatic rings. The number of rotatable bonds is 1. The summed E-state index contributed by atoms with van der Waals surface area (Å²) in [6, 6.07) is 0. The topological polar surface area (TPSA) is 35.2 Å². The molecule has 0 bridgehead atoms. The fourth-order valence-corrected chi connectivity index (χ4v) is 1.50. The molecule has 0 fully saturated rings. The Morgan fingerprint density at radius 3 is 2.80 bits per heavy atom. The van der Waals surface area contributed by atoms with E-state index in [1.165, 1.54) is 6.42 Å². The molecule has 1 rings (SSSR count). The molecule has 0 radical (unpaired) electrons. The van der Waals surface area contributed by atoms with Crippen LogP contribution in [0.25, 0.3) is 0 Å². The van der Waals surface area contributed by atoms with E-state index in [0.29, 0.717) is 5.92 Å². The molecule has 0 aromatic carbocycles. The summed E-state index contributed by atoms with van der Waals surface area (Å²) >= 11 is 0. The predicted octanol–water partition coefficient (Wildman–Crippen LogP) is 1.83. The molecule has 10 heavy (non-hydrogen) atoms. The summed E-state index contributed by atoms with van der Waals surface area (Å²) in [5.74, 6) is 7.32. The second-order valence-corrected chi connectivity index (χ2v) is 3.20. The van der Waals surface area contributed by atoms with Gasteiger partial charge < -0.3 is 4.84 Å². The monoisotopic (exact) mass is 141 g/mol. The molecule has 0 saturated heterocycles. The standard InChI is InChI=1S/C8H15NO/c1-6-3-4-8(10-9)7(2)5-6/h4,6-7H,3,5,9H2,1-2H3. The quantitative estimate of drug-likeness (QED) is 0.565. The van der Waals surface area contributed by atoms with Gasteiger partial charge in [0.2, 0.25) is 0 Å². The maximum atomic E-state index is 5.07. The summed E-state index contributed by atoms with van der Waals surface area (Å²) in [6.45, 7) is 4.40. The first-order chi connectivity index (χ1) is 4.74. The third-order valence-electron chi connectivity index (χ3n) is 2.10. The smallest absolute Gasteiger partial charge is 0.122 e. The maximum Gasteiger partial charge on any atom is 0.122 e. The molecule has 2 nitrogen and oxygen atoms in total. The highest BCUT2D eigenvalue weighted by molar-refractivity contribution is 5.02. The van der Waals surface area contributed by atoms with Crippen molar-refractivity contribution in [3.63, 3.8) is 0 Å². The molecule has 0 heterocycles. The summed E-state index contributed by atoms with van der Waals surface area (Å²) in [7, 11) is 0. The summed E-state index contributed by atoms with van der Waals surface area (Å²) in [5.41, 5.74) is 0. The average molecular weight is 141 g/mol. The Hall–Kier alpha value is -0.500. The van der Waals surface area contributed by atoms with Crippen molar-refractivity contribution in [1.82, 2.24) is 0 Å². The van der Waals surface area contributed by atoms with Crippen molar-refractivity contribution in [3.8, 4) is 0 Å². The van der Waals surface area contributed by atoms with Gasteiger partial charge in [0.15, 0.2) is 0 Å². The number of allylic oxidation sites excluding steroid dienone is 2. The van der Waals surface area contributed by atoms with Crippen LogP contribution in [0.5, 0.6) is 0 Å². The third kappa shape index (κ3) is 1.51. The molecule has 2 unspecified atom stereocenters. The van der Waals surface area contributed by atoms with Gasteiger partial charge in [-0.05, 0) is 24.8 Å². The van der Waals surface area contributed by atoms with Gasteiger partial charge in [0.25, 0.3) is 0 Å². The molecule has 0 amide bonds. The van der Waals surface area contributed by atoms with Crippen molar-refractivity contribution in [3.05, 3.63) is 11.8 Å². The van der Waals surface area contributed by atoms with Crippen molar-refractivity contribution >= 4 is 0 Å². The number of hydrogen-bond acceptors (Lipinski definition) is 2. The lowest BCUT2D eigenvalue weighted by atomic mass is 9.88. The fourth-order valence-electron chi connectivity index (χ4n) is 1.50. The van der Waals surface area contributed by atoms with E-state index in [4.69, 9.17) is 10.7 Å². The van der Waals surface area contributed by atoms with Gasteiger partial charge in [-0.3, -0.25) is 0 Å². The van der Waals surface area contributed by atoms with E-state index in [9.17, 15) is 0 Å². The summed E-state index contributed by atoms with van der Waals surface area (Å²) in [5, 5.41) is 0. The lowest BCUT2D eigenvalue weighted by Crippen LogP contribution is -2.15. The largest absolute Gasteiger partial charge is 0.416 e. The highest BCUT2D eigenvalue weighted by atomic mass is 16.6. The van der Waals surface area contributed by atoms with Gasteiger partial charge in [0.1, 0.15) is 5.76 Å². The van der Waals surface area contributed by atoms with E-state index < -0.39 is 0 Å². The summed E-state index contributed by atoms with van der Waals surface area (Å²) in [4.78, 5) is 4.71. The molecular weight excluding hydrogens is 126 g/mol. The first-order valence-electron chi connectivity index (χ1n) is 3.80. The van der Waals surface area contributed by atoms with Crippen molar-refractivity contribution in [2.75, 3.05) is 0 Å².